The summed E-state index contributed by atoms with van der Waals surface area (Å²) in [7, 11) is -3.11. The van der Waals surface area contributed by atoms with Crippen molar-refractivity contribution in [3.05, 3.63) is 29.3 Å². The molecule has 0 radical (unpaired) electrons. The van der Waals surface area contributed by atoms with Crippen LogP contribution in [0, 0.1) is 0 Å². The van der Waals surface area contributed by atoms with Crippen molar-refractivity contribution in [1.82, 2.24) is 0 Å². The van der Waals surface area contributed by atoms with Crippen LogP contribution in [-0.4, -0.2) is 32.4 Å². The summed E-state index contributed by atoms with van der Waals surface area (Å²) in [5, 5.41) is 2.75. The number of anilines is 1. The van der Waals surface area contributed by atoms with Gasteiger partial charge in [-0.2, -0.15) is 0 Å². The molecular weight excluding hydrogens is 324 g/mol. The Morgan fingerprint density at radius 3 is 2.32 bits per heavy atom. The van der Waals surface area contributed by atoms with Crippen LogP contribution in [0.1, 0.15) is 31.4 Å². The molecule has 3 N–H and O–H groups in total. The lowest BCUT2D eigenvalue weighted by Gasteiger charge is -2.14. The van der Waals surface area contributed by atoms with Gasteiger partial charge in [0.2, 0.25) is 5.91 Å². The van der Waals surface area contributed by atoms with Gasteiger partial charge in [0.15, 0.2) is 0 Å². The molecule has 1 amide bonds. The molecule has 7 heteroatoms. The fourth-order valence-electron chi connectivity index (χ4n) is 2.08. The standard InChI is InChI=1S/C15H24N2O3S.ClH/c1-4-11-6-7-13(10-12(11)5-2)17-15(18)14(16)8-9-21(3,19)20;/h6-7,10,14H,4-5,8-9,16H2,1-3H3,(H,17,18);1H. The lowest BCUT2D eigenvalue weighted by atomic mass is 10.0. The van der Waals surface area contributed by atoms with Crippen LogP contribution in [0.5, 0.6) is 0 Å². The Morgan fingerprint density at radius 1 is 1.23 bits per heavy atom. The van der Waals surface area contributed by atoms with E-state index in [1.54, 1.807) is 0 Å². The van der Waals surface area contributed by atoms with E-state index in [0.29, 0.717) is 5.69 Å². The van der Waals surface area contributed by atoms with E-state index in [-0.39, 0.29) is 30.5 Å². The van der Waals surface area contributed by atoms with Crippen molar-refractivity contribution in [3.63, 3.8) is 0 Å². The van der Waals surface area contributed by atoms with Crippen LogP contribution < -0.4 is 11.1 Å². The molecular formula is C15H25ClN2O3S. The van der Waals surface area contributed by atoms with Crippen LogP contribution in [0.15, 0.2) is 18.2 Å². The molecule has 1 unspecified atom stereocenters. The Kier molecular flexibility index (Phi) is 8.66. The topological polar surface area (TPSA) is 89.3 Å². The van der Waals surface area contributed by atoms with E-state index < -0.39 is 15.9 Å². The number of nitrogens with one attached hydrogen (secondary N) is 1. The highest BCUT2D eigenvalue weighted by molar-refractivity contribution is 7.90. The van der Waals surface area contributed by atoms with Crippen LogP contribution >= 0.6 is 12.4 Å². The van der Waals surface area contributed by atoms with E-state index in [9.17, 15) is 13.2 Å². The van der Waals surface area contributed by atoms with Crippen LogP contribution in [0.4, 0.5) is 5.69 Å². The first-order valence-electron chi connectivity index (χ1n) is 7.12. The number of hydrogen-bond donors (Lipinski definition) is 2. The number of benzene rings is 1. The highest BCUT2D eigenvalue weighted by atomic mass is 35.5. The maximum atomic E-state index is 12.0. The molecule has 1 rings (SSSR count). The van der Waals surface area contributed by atoms with Gasteiger partial charge in [0, 0.05) is 11.9 Å². The summed E-state index contributed by atoms with van der Waals surface area (Å²) in [4.78, 5) is 12.0. The number of sulfone groups is 1. The second-order valence-electron chi connectivity index (χ2n) is 5.20. The minimum atomic E-state index is -3.11. The molecule has 0 aliphatic heterocycles. The summed E-state index contributed by atoms with van der Waals surface area (Å²) in [6.07, 6.45) is 3.10. The van der Waals surface area contributed by atoms with Gasteiger partial charge in [-0.3, -0.25) is 4.79 Å². The van der Waals surface area contributed by atoms with Crippen molar-refractivity contribution in [3.8, 4) is 0 Å². The Labute approximate surface area is 139 Å². The van der Waals surface area contributed by atoms with Crippen LogP contribution in [0.2, 0.25) is 0 Å². The van der Waals surface area contributed by atoms with E-state index in [0.717, 1.165) is 19.1 Å². The molecule has 1 aromatic carbocycles. The molecule has 0 spiro atoms. The number of nitrogens with two attached hydrogens (primary N) is 1. The highest BCUT2D eigenvalue weighted by Crippen LogP contribution is 2.17. The predicted molar refractivity (Wildman–Crippen MR) is 93.4 cm³/mol. The maximum absolute atomic E-state index is 12.0. The summed E-state index contributed by atoms with van der Waals surface area (Å²) in [5.41, 5.74) is 8.88. The lowest BCUT2D eigenvalue weighted by molar-refractivity contribution is -0.117. The largest absolute Gasteiger partial charge is 0.325 e. The molecule has 22 heavy (non-hydrogen) atoms. The lowest BCUT2D eigenvalue weighted by Crippen LogP contribution is -2.37. The minimum absolute atomic E-state index is 0. The summed E-state index contributed by atoms with van der Waals surface area (Å²) in [5.74, 6) is -0.443. The molecule has 0 aliphatic rings. The van der Waals surface area contributed by atoms with Crippen LogP contribution in [0.25, 0.3) is 0 Å². The Morgan fingerprint density at radius 2 is 1.82 bits per heavy atom. The first-order chi connectivity index (χ1) is 9.76. The van der Waals surface area contributed by atoms with E-state index in [2.05, 4.69) is 19.2 Å². The van der Waals surface area contributed by atoms with Gasteiger partial charge in [-0.05, 0) is 42.5 Å². The van der Waals surface area contributed by atoms with Gasteiger partial charge in [-0.1, -0.05) is 19.9 Å². The van der Waals surface area contributed by atoms with E-state index >= 15 is 0 Å². The average Bonchev–Trinajstić information content (AvgIpc) is 2.43. The summed E-state index contributed by atoms with van der Waals surface area (Å²) < 4.78 is 22.2. The normalized spacial score (nSPS) is 12.4. The van der Waals surface area contributed by atoms with Gasteiger partial charge >= 0.3 is 0 Å². The quantitative estimate of drug-likeness (QED) is 0.788. The molecule has 0 aliphatic carbocycles. The molecule has 5 nitrogen and oxygen atoms in total. The Balaban J connectivity index is 0.00000441. The number of carbonyl (C=O) groups is 1. The predicted octanol–water partition coefficient (Wildman–Crippen LogP) is 1.93. The van der Waals surface area contributed by atoms with Crippen LogP contribution in [0.3, 0.4) is 0 Å². The van der Waals surface area contributed by atoms with E-state index in [1.165, 1.54) is 11.1 Å². The van der Waals surface area contributed by atoms with Crippen molar-refractivity contribution in [2.24, 2.45) is 5.73 Å². The zero-order chi connectivity index (χ0) is 16.0. The first kappa shape index (κ1) is 20.9. The SMILES string of the molecule is CCc1ccc(NC(=O)C(N)CCS(C)(=O)=O)cc1CC.Cl. The zero-order valence-electron chi connectivity index (χ0n) is 13.3. The number of halogens is 1. The smallest absolute Gasteiger partial charge is 0.241 e. The first-order valence-corrected chi connectivity index (χ1v) is 9.18. The molecule has 0 bridgehead atoms. The minimum Gasteiger partial charge on any atom is -0.325 e. The highest BCUT2D eigenvalue weighted by Gasteiger charge is 2.16. The summed E-state index contributed by atoms with van der Waals surface area (Å²) >= 11 is 0. The van der Waals surface area contributed by atoms with Gasteiger partial charge in [-0.25, -0.2) is 8.42 Å². The third kappa shape index (κ3) is 6.77. The number of rotatable bonds is 7. The Bertz CT molecular complexity index is 603. The maximum Gasteiger partial charge on any atom is 0.241 e. The molecule has 0 saturated carbocycles. The molecule has 0 fully saturated rings. The van der Waals surface area contributed by atoms with Gasteiger partial charge in [0.1, 0.15) is 9.84 Å². The van der Waals surface area contributed by atoms with Gasteiger partial charge in [-0.15, -0.1) is 12.4 Å². The van der Waals surface area contributed by atoms with E-state index in [4.69, 9.17) is 5.73 Å². The molecule has 1 aromatic rings. The molecule has 0 aromatic heterocycles. The van der Waals surface area contributed by atoms with E-state index in [1.807, 2.05) is 18.2 Å². The molecule has 126 valence electrons. The second kappa shape index (κ2) is 9.12. The molecule has 0 heterocycles. The van der Waals surface area contributed by atoms with Gasteiger partial charge in [0.05, 0.1) is 11.8 Å². The number of aryl methyl sites for hydroxylation is 2. The molecule has 1 atom stereocenters. The number of hydrogen-bond acceptors (Lipinski definition) is 4. The van der Waals surface area contributed by atoms with Crippen molar-refractivity contribution < 1.29 is 13.2 Å². The number of amides is 1. The van der Waals surface area contributed by atoms with Crippen molar-refractivity contribution >= 4 is 33.8 Å². The fourth-order valence-corrected chi connectivity index (χ4v) is 2.77. The Hall–Kier alpha value is -1.11. The number of carbonyl (C=O) groups excluding carboxylic acids is 1. The van der Waals surface area contributed by atoms with Gasteiger partial charge in [0.25, 0.3) is 0 Å². The van der Waals surface area contributed by atoms with Crippen molar-refractivity contribution in [2.75, 3.05) is 17.3 Å². The fraction of sp³-hybridized carbons (Fsp3) is 0.533. The van der Waals surface area contributed by atoms with Crippen molar-refractivity contribution in [2.45, 2.75) is 39.2 Å². The van der Waals surface area contributed by atoms with Gasteiger partial charge < -0.3 is 11.1 Å². The summed E-state index contributed by atoms with van der Waals surface area (Å²) in [6.45, 7) is 4.16. The third-order valence-electron chi connectivity index (χ3n) is 3.37. The monoisotopic (exact) mass is 348 g/mol. The average molecular weight is 349 g/mol. The van der Waals surface area contributed by atoms with Crippen molar-refractivity contribution in [1.29, 1.82) is 0 Å². The zero-order valence-corrected chi connectivity index (χ0v) is 14.9. The second-order valence-corrected chi connectivity index (χ2v) is 7.46. The molecule has 0 saturated heterocycles. The third-order valence-corrected chi connectivity index (χ3v) is 4.35. The van der Waals surface area contributed by atoms with Crippen LogP contribution in [-0.2, 0) is 27.5 Å². The summed E-state index contributed by atoms with van der Waals surface area (Å²) in [6, 6.07) is 4.96.